The Bertz CT molecular complexity index is 1160. The smallest absolute Gasteiger partial charge is 0.243 e. The number of amides is 1. The van der Waals surface area contributed by atoms with Gasteiger partial charge >= 0.3 is 0 Å². The quantitative estimate of drug-likeness (QED) is 0.568. The number of carbonyl (C=O) groups excluding carboxylic acids is 1. The Labute approximate surface area is 189 Å². The van der Waals surface area contributed by atoms with E-state index in [1.165, 1.54) is 4.31 Å². The Morgan fingerprint density at radius 1 is 0.875 bits per heavy atom. The molecule has 4 rings (SSSR count). The number of nitrogens with zero attached hydrogens (tertiary/aromatic N) is 1. The van der Waals surface area contributed by atoms with E-state index in [2.05, 4.69) is 10.6 Å². The highest BCUT2D eigenvalue weighted by Crippen LogP contribution is 2.25. The number of aryl methyl sites for hydroxylation is 1. The molecule has 0 saturated carbocycles. The van der Waals surface area contributed by atoms with Gasteiger partial charge in [0.1, 0.15) is 0 Å². The molecule has 1 aliphatic heterocycles. The summed E-state index contributed by atoms with van der Waals surface area (Å²) in [6.07, 6.45) is 1.32. The van der Waals surface area contributed by atoms with Gasteiger partial charge < -0.3 is 10.6 Å². The SMILES string of the molecule is Cc1ccc(S(=O)(=O)N2CCC[C@@H](C(=O)Nc3ccc(Nc4ccccc4)cc3)C2)cc1. The van der Waals surface area contributed by atoms with Crippen molar-refractivity contribution in [2.24, 2.45) is 5.92 Å². The topological polar surface area (TPSA) is 78.5 Å². The minimum Gasteiger partial charge on any atom is -0.356 e. The molecule has 7 heteroatoms. The van der Waals surface area contributed by atoms with Crippen molar-refractivity contribution in [3.8, 4) is 0 Å². The van der Waals surface area contributed by atoms with Crippen LogP contribution in [0.15, 0.2) is 83.8 Å². The van der Waals surface area contributed by atoms with E-state index in [9.17, 15) is 13.2 Å². The van der Waals surface area contributed by atoms with Crippen LogP contribution in [-0.2, 0) is 14.8 Å². The highest BCUT2D eigenvalue weighted by molar-refractivity contribution is 7.89. The van der Waals surface area contributed by atoms with Crippen molar-refractivity contribution in [2.75, 3.05) is 23.7 Å². The minimum absolute atomic E-state index is 0.155. The van der Waals surface area contributed by atoms with Crippen LogP contribution in [0.25, 0.3) is 0 Å². The van der Waals surface area contributed by atoms with Crippen molar-refractivity contribution >= 4 is 33.0 Å². The molecule has 0 aromatic heterocycles. The van der Waals surface area contributed by atoms with Crippen LogP contribution in [0, 0.1) is 12.8 Å². The maximum atomic E-state index is 13.0. The number of rotatable bonds is 6. The van der Waals surface area contributed by atoms with Gasteiger partial charge in [-0.25, -0.2) is 8.42 Å². The lowest BCUT2D eigenvalue weighted by Gasteiger charge is -2.31. The Balaban J connectivity index is 1.38. The van der Waals surface area contributed by atoms with Crippen LogP contribution in [0.4, 0.5) is 17.1 Å². The molecule has 32 heavy (non-hydrogen) atoms. The largest absolute Gasteiger partial charge is 0.356 e. The first-order valence-electron chi connectivity index (χ1n) is 10.7. The van der Waals surface area contributed by atoms with Crippen molar-refractivity contribution < 1.29 is 13.2 Å². The summed E-state index contributed by atoms with van der Waals surface area (Å²) in [7, 11) is -3.61. The second-order valence-corrected chi connectivity index (χ2v) is 10.0. The van der Waals surface area contributed by atoms with E-state index in [1.54, 1.807) is 24.3 Å². The van der Waals surface area contributed by atoms with Crippen LogP contribution in [0.1, 0.15) is 18.4 Å². The van der Waals surface area contributed by atoms with Gasteiger partial charge in [0.2, 0.25) is 15.9 Å². The fraction of sp³-hybridized carbons (Fsp3) is 0.240. The van der Waals surface area contributed by atoms with Gasteiger partial charge in [-0.15, -0.1) is 0 Å². The van der Waals surface area contributed by atoms with Gasteiger partial charge in [0.05, 0.1) is 10.8 Å². The summed E-state index contributed by atoms with van der Waals surface area (Å²) < 4.78 is 27.4. The van der Waals surface area contributed by atoms with Gasteiger partial charge in [-0.05, 0) is 68.3 Å². The predicted molar refractivity (Wildman–Crippen MR) is 127 cm³/mol. The van der Waals surface area contributed by atoms with Crippen molar-refractivity contribution in [1.29, 1.82) is 0 Å². The zero-order valence-electron chi connectivity index (χ0n) is 18.0. The van der Waals surface area contributed by atoms with E-state index >= 15 is 0 Å². The summed E-state index contributed by atoms with van der Waals surface area (Å²) in [5, 5.41) is 6.24. The van der Waals surface area contributed by atoms with Crippen LogP contribution >= 0.6 is 0 Å². The second-order valence-electron chi connectivity index (χ2n) is 8.07. The summed E-state index contributed by atoms with van der Waals surface area (Å²) in [6.45, 7) is 2.54. The monoisotopic (exact) mass is 449 g/mol. The predicted octanol–water partition coefficient (Wildman–Crippen LogP) is 4.78. The number of nitrogens with one attached hydrogen (secondary N) is 2. The number of piperidine rings is 1. The number of para-hydroxylation sites is 1. The highest BCUT2D eigenvalue weighted by atomic mass is 32.2. The molecule has 0 bridgehead atoms. The van der Waals surface area contributed by atoms with E-state index in [1.807, 2.05) is 61.5 Å². The lowest BCUT2D eigenvalue weighted by Crippen LogP contribution is -2.43. The number of anilines is 3. The maximum Gasteiger partial charge on any atom is 0.243 e. The van der Waals surface area contributed by atoms with Gasteiger partial charge in [0.25, 0.3) is 0 Å². The lowest BCUT2D eigenvalue weighted by molar-refractivity contribution is -0.120. The summed E-state index contributed by atoms with van der Waals surface area (Å²) >= 11 is 0. The average Bonchev–Trinajstić information content (AvgIpc) is 2.81. The second kappa shape index (κ2) is 9.54. The van der Waals surface area contributed by atoms with Crippen LogP contribution < -0.4 is 10.6 Å². The van der Waals surface area contributed by atoms with E-state index in [0.29, 0.717) is 25.1 Å². The van der Waals surface area contributed by atoms with Crippen molar-refractivity contribution in [2.45, 2.75) is 24.7 Å². The first-order chi connectivity index (χ1) is 15.4. The Morgan fingerprint density at radius 3 is 2.19 bits per heavy atom. The fourth-order valence-electron chi connectivity index (χ4n) is 3.80. The molecule has 6 nitrogen and oxygen atoms in total. The molecular formula is C25H27N3O3S. The molecule has 1 amide bonds. The van der Waals surface area contributed by atoms with E-state index in [-0.39, 0.29) is 23.3 Å². The summed E-state index contributed by atoms with van der Waals surface area (Å²) in [5.74, 6) is -0.538. The van der Waals surface area contributed by atoms with Crippen LogP contribution in [-0.4, -0.2) is 31.7 Å². The number of hydrogen-bond donors (Lipinski definition) is 2. The molecule has 166 valence electrons. The molecule has 1 fully saturated rings. The number of benzene rings is 3. The molecule has 1 heterocycles. The van der Waals surface area contributed by atoms with Gasteiger partial charge in [0, 0.05) is 30.2 Å². The van der Waals surface area contributed by atoms with Gasteiger partial charge in [-0.1, -0.05) is 35.9 Å². The summed E-state index contributed by atoms with van der Waals surface area (Å²) in [6, 6.07) is 24.2. The summed E-state index contributed by atoms with van der Waals surface area (Å²) in [4.78, 5) is 13.1. The molecule has 3 aromatic rings. The first kappa shape index (κ1) is 22.0. The third kappa shape index (κ3) is 5.18. The standard InChI is InChI=1S/C25H27N3O3S/c1-19-9-15-24(16-10-19)32(30,31)28-17-5-6-20(18-28)25(29)27-23-13-11-22(12-14-23)26-21-7-3-2-4-8-21/h2-4,7-16,20,26H,5-6,17-18H2,1H3,(H,27,29)/t20-/m1/s1. The summed E-state index contributed by atoms with van der Waals surface area (Å²) in [5.41, 5.74) is 3.60. The average molecular weight is 450 g/mol. The molecule has 2 N–H and O–H groups in total. The molecule has 3 aromatic carbocycles. The number of sulfonamides is 1. The molecule has 1 saturated heterocycles. The Morgan fingerprint density at radius 2 is 1.50 bits per heavy atom. The third-order valence-electron chi connectivity index (χ3n) is 5.63. The number of carbonyl (C=O) groups is 1. The van der Waals surface area contributed by atoms with Crippen molar-refractivity contribution in [3.63, 3.8) is 0 Å². The molecule has 0 spiro atoms. The van der Waals surface area contributed by atoms with Crippen LogP contribution in [0.3, 0.4) is 0 Å². The Hall–Kier alpha value is -3.16. The molecule has 0 radical (unpaired) electrons. The molecule has 1 aliphatic rings. The molecule has 1 atom stereocenters. The zero-order chi connectivity index (χ0) is 22.6. The van der Waals surface area contributed by atoms with Crippen molar-refractivity contribution in [1.82, 2.24) is 4.31 Å². The van der Waals surface area contributed by atoms with Crippen molar-refractivity contribution in [3.05, 3.63) is 84.4 Å². The van der Waals surface area contributed by atoms with E-state index in [0.717, 1.165) is 16.9 Å². The first-order valence-corrected chi connectivity index (χ1v) is 12.2. The van der Waals surface area contributed by atoms with Gasteiger partial charge in [-0.2, -0.15) is 4.31 Å². The molecular weight excluding hydrogens is 422 g/mol. The Kier molecular flexibility index (Phi) is 6.58. The normalized spacial score (nSPS) is 17.0. The minimum atomic E-state index is -3.61. The fourth-order valence-corrected chi connectivity index (χ4v) is 5.33. The maximum absolute atomic E-state index is 13.0. The van der Waals surface area contributed by atoms with E-state index < -0.39 is 10.0 Å². The lowest BCUT2D eigenvalue weighted by atomic mass is 9.98. The third-order valence-corrected chi connectivity index (χ3v) is 7.51. The van der Waals surface area contributed by atoms with Gasteiger partial charge in [-0.3, -0.25) is 4.79 Å². The van der Waals surface area contributed by atoms with Crippen LogP contribution in [0.5, 0.6) is 0 Å². The molecule has 0 aliphatic carbocycles. The van der Waals surface area contributed by atoms with E-state index in [4.69, 9.17) is 0 Å². The van der Waals surface area contributed by atoms with Gasteiger partial charge in [0.15, 0.2) is 0 Å². The number of hydrogen-bond acceptors (Lipinski definition) is 4. The molecule has 0 unspecified atom stereocenters. The highest BCUT2D eigenvalue weighted by Gasteiger charge is 2.33. The van der Waals surface area contributed by atoms with Crippen LogP contribution in [0.2, 0.25) is 0 Å². The zero-order valence-corrected chi connectivity index (χ0v) is 18.8.